The van der Waals surface area contributed by atoms with Gasteiger partial charge < -0.3 is 20.5 Å². The molecule has 0 bridgehead atoms. The van der Waals surface area contributed by atoms with Gasteiger partial charge in [0.1, 0.15) is 6.17 Å². The minimum Gasteiger partial charge on any atom is -0.359 e. The van der Waals surface area contributed by atoms with Gasteiger partial charge in [-0.15, -0.1) is 11.8 Å². The number of hydrogen-bond donors (Lipinski definition) is 3. The van der Waals surface area contributed by atoms with E-state index in [4.69, 9.17) is 11.6 Å². The predicted molar refractivity (Wildman–Crippen MR) is 167 cm³/mol. The average Bonchev–Trinajstić information content (AvgIpc) is 3.37. The van der Waals surface area contributed by atoms with Crippen molar-refractivity contribution in [3.05, 3.63) is 69.5 Å². The van der Waals surface area contributed by atoms with Crippen molar-refractivity contribution < 1.29 is 14.0 Å². The van der Waals surface area contributed by atoms with E-state index in [1.807, 2.05) is 56.9 Å². The van der Waals surface area contributed by atoms with E-state index in [0.29, 0.717) is 23.7 Å². The zero-order valence-corrected chi connectivity index (χ0v) is 25.6. The number of nitrogens with one attached hydrogen (secondary N) is 3. The summed E-state index contributed by atoms with van der Waals surface area (Å²) >= 11 is 7.82. The molecule has 1 aliphatic rings. The number of aryl methyl sites for hydroxylation is 1. The standard InChI is InChI=1S/C31H40ClFN4O2S/c1-7-27(32)19(3)18-40-23-10-11-28-25(14-23)26(31(39)36-28)15-29-21(5)24(22(6)35-29)16-30(38)34-12-9-13-37(8-2)17-20(4)33/h7,10-11,14-15,20,35H,1,8-9,12-13,16-18H2,2-6H3,(H,34,38)(H,36,39)/b26-15-,27-19-. The number of amides is 2. The van der Waals surface area contributed by atoms with Gasteiger partial charge in [-0.2, -0.15) is 0 Å². The molecule has 0 saturated heterocycles. The number of aromatic nitrogens is 1. The number of carbonyl (C=O) groups is 2. The fourth-order valence-corrected chi connectivity index (χ4v) is 5.74. The van der Waals surface area contributed by atoms with Crippen LogP contribution >= 0.6 is 23.4 Å². The lowest BCUT2D eigenvalue weighted by Crippen LogP contribution is -2.33. The van der Waals surface area contributed by atoms with Gasteiger partial charge >= 0.3 is 0 Å². The van der Waals surface area contributed by atoms with E-state index < -0.39 is 6.17 Å². The summed E-state index contributed by atoms with van der Waals surface area (Å²) in [4.78, 5) is 32.0. The summed E-state index contributed by atoms with van der Waals surface area (Å²) < 4.78 is 13.3. The van der Waals surface area contributed by atoms with Crippen molar-refractivity contribution in [3.63, 3.8) is 0 Å². The first-order chi connectivity index (χ1) is 19.0. The van der Waals surface area contributed by atoms with E-state index in [0.717, 1.165) is 69.5 Å². The fourth-order valence-electron chi connectivity index (χ4n) is 4.69. The molecule has 2 heterocycles. The molecule has 9 heteroatoms. The number of hydrogen-bond acceptors (Lipinski definition) is 4. The van der Waals surface area contributed by atoms with E-state index in [-0.39, 0.29) is 18.2 Å². The van der Waals surface area contributed by atoms with Crippen molar-refractivity contribution >= 4 is 52.5 Å². The first-order valence-corrected chi connectivity index (χ1v) is 15.0. The monoisotopic (exact) mass is 586 g/mol. The third kappa shape index (κ3) is 8.35. The molecule has 3 N–H and O–H groups in total. The lowest BCUT2D eigenvalue weighted by molar-refractivity contribution is -0.120. The molecule has 0 spiro atoms. The number of fused-ring (bicyclic) bond motifs is 1. The Labute approximate surface area is 246 Å². The summed E-state index contributed by atoms with van der Waals surface area (Å²) in [5.41, 5.74) is 6.83. The summed E-state index contributed by atoms with van der Waals surface area (Å²) in [6.45, 7) is 15.7. The lowest BCUT2D eigenvalue weighted by Gasteiger charge is -2.20. The maximum Gasteiger partial charge on any atom is 0.256 e. The van der Waals surface area contributed by atoms with E-state index in [9.17, 15) is 14.0 Å². The second-order valence-corrected chi connectivity index (χ2v) is 11.6. The quantitative estimate of drug-likeness (QED) is 0.100. The molecule has 1 aliphatic heterocycles. The molecule has 3 rings (SSSR count). The van der Waals surface area contributed by atoms with Gasteiger partial charge in [-0.25, -0.2) is 4.39 Å². The molecule has 40 heavy (non-hydrogen) atoms. The Morgan fingerprint density at radius 1 is 1.32 bits per heavy atom. The lowest BCUT2D eigenvalue weighted by atomic mass is 10.0. The summed E-state index contributed by atoms with van der Waals surface area (Å²) in [5.74, 6) is 0.507. The maximum absolute atomic E-state index is 13.3. The topological polar surface area (TPSA) is 77.2 Å². The number of H-pyrrole nitrogens is 1. The molecular formula is C31H40ClFN4O2S. The van der Waals surface area contributed by atoms with Crippen molar-refractivity contribution in [2.45, 2.75) is 58.5 Å². The molecule has 1 aromatic heterocycles. The second kappa shape index (κ2) is 14.7. The number of rotatable bonds is 14. The van der Waals surface area contributed by atoms with E-state index in [1.54, 1.807) is 24.8 Å². The summed E-state index contributed by atoms with van der Waals surface area (Å²) in [7, 11) is 0. The highest BCUT2D eigenvalue weighted by atomic mass is 35.5. The van der Waals surface area contributed by atoms with Crippen LogP contribution in [0.3, 0.4) is 0 Å². The molecule has 2 amide bonds. The highest BCUT2D eigenvalue weighted by molar-refractivity contribution is 7.99. The van der Waals surface area contributed by atoms with Crippen LogP contribution in [-0.4, -0.2) is 59.8 Å². The number of anilines is 1. The minimum atomic E-state index is -0.864. The molecular weight excluding hydrogens is 547 g/mol. The van der Waals surface area contributed by atoms with Crippen molar-refractivity contribution in [2.75, 3.05) is 37.2 Å². The van der Waals surface area contributed by atoms with Crippen molar-refractivity contribution in [3.8, 4) is 0 Å². The molecule has 6 nitrogen and oxygen atoms in total. The molecule has 0 aliphatic carbocycles. The molecule has 0 saturated carbocycles. The van der Waals surface area contributed by atoms with Gasteiger partial charge in [0.25, 0.3) is 5.91 Å². The van der Waals surface area contributed by atoms with Gasteiger partial charge in [-0.3, -0.25) is 9.59 Å². The Bertz CT molecular complexity index is 1310. The van der Waals surface area contributed by atoms with Gasteiger partial charge in [0.05, 0.1) is 12.0 Å². The molecule has 216 valence electrons. The van der Waals surface area contributed by atoms with Gasteiger partial charge in [0, 0.05) is 51.4 Å². The van der Waals surface area contributed by atoms with E-state index >= 15 is 0 Å². The number of halogens is 2. The van der Waals surface area contributed by atoms with Crippen LogP contribution in [0.15, 0.2) is 46.4 Å². The smallest absolute Gasteiger partial charge is 0.256 e. The second-order valence-electron chi connectivity index (χ2n) is 10.2. The van der Waals surface area contributed by atoms with Crippen LogP contribution in [0, 0.1) is 13.8 Å². The molecule has 1 unspecified atom stereocenters. The van der Waals surface area contributed by atoms with Gasteiger partial charge in [0.2, 0.25) is 5.91 Å². The molecule has 0 radical (unpaired) electrons. The van der Waals surface area contributed by atoms with Crippen LogP contribution < -0.4 is 10.6 Å². The van der Waals surface area contributed by atoms with E-state index in [1.165, 1.54) is 0 Å². The Balaban J connectivity index is 1.69. The Kier molecular flexibility index (Phi) is 11.7. The van der Waals surface area contributed by atoms with Crippen molar-refractivity contribution in [2.24, 2.45) is 0 Å². The van der Waals surface area contributed by atoms with Crippen LogP contribution in [0.25, 0.3) is 11.6 Å². The Morgan fingerprint density at radius 2 is 2.08 bits per heavy atom. The number of alkyl halides is 1. The zero-order valence-electron chi connectivity index (χ0n) is 24.0. The summed E-state index contributed by atoms with van der Waals surface area (Å²) in [6.07, 6.45) is 3.65. The number of carbonyl (C=O) groups excluding carboxylic acids is 2. The molecule has 1 atom stereocenters. The largest absolute Gasteiger partial charge is 0.359 e. The molecule has 1 aromatic carbocycles. The van der Waals surface area contributed by atoms with Crippen LogP contribution in [-0.2, 0) is 16.0 Å². The van der Waals surface area contributed by atoms with Crippen LogP contribution in [0.5, 0.6) is 0 Å². The third-order valence-corrected chi connectivity index (χ3v) is 8.65. The highest BCUT2D eigenvalue weighted by Gasteiger charge is 2.25. The number of aromatic amines is 1. The SMILES string of the molecule is C=C/C(Cl)=C(\C)CSc1ccc2c(c1)/C(=C/c1[nH]c(C)c(CC(=O)NCCCN(CC)CC(C)F)c1C)C(=O)N2. The number of allylic oxidation sites excluding steroid dienone is 2. The predicted octanol–water partition coefficient (Wildman–Crippen LogP) is 6.64. The van der Waals surface area contributed by atoms with Crippen LogP contribution in [0.2, 0.25) is 0 Å². The van der Waals surface area contributed by atoms with Crippen LogP contribution in [0.4, 0.5) is 10.1 Å². The third-order valence-electron chi connectivity index (χ3n) is 7.00. The Hall–Kier alpha value is -2.81. The van der Waals surface area contributed by atoms with Gasteiger partial charge in [0.15, 0.2) is 0 Å². The first-order valence-electron chi connectivity index (χ1n) is 13.6. The zero-order chi connectivity index (χ0) is 29.4. The molecule has 0 fully saturated rings. The normalized spacial score (nSPS) is 15.2. The van der Waals surface area contributed by atoms with Crippen LogP contribution in [0.1, 0.15) is 55.3 Å². The molecule has 2 aromatic rings. The Morgan fingerprint density at radius 3 is 2.75 bits per heavy atom. The first kappa shape index (κ1) is 31.7. The number of benzene rings is 1. The summed E-state index contributed by atoms with van der Waals surface area (Å²) in [5, 5.41) is 6.59. The summed E-state index contributed by atoms with van der Waals surface area (Å²) in [6, 6.07) is 5.93. The van der Waals surface area contributed by atoms with Gasteiger partial charge in [-0.05, 0) is 88.2 Å². The average molecular weight is 587 g/mol. The minimum absolute atomic E-state index is 0.0576. The highest BCUT2D eigenvalue weighted by Crippen LogP contribution is 2.37. The van der Waals surface area contributed by atoms with Crippen molar-refractivity contribution in [1.82, 2.24) is 15.2 Å². The maximum atomic E-state index is 13.3. The van der Waals surface area contributed by atoms with E-state index in [2.05, 4.69) is 22.2 Å². The number of nitrogens with zero attached hydrogens (tertiary/aromatic N) is 1. The fraction of sp³-hybridized carbons (Fsp3) is 0.419. The number of thioether (sulfide) groups is 1. The van der Waals surface area contributed by atoms with Gasteiger partial charge in [-0.1, -0.05) is 31.2 Å². The van der Waals surface area contributed by atoms with Crippen molar-refractivity contribution in [1.29, 1.82) is 0 Å².